The lowest BCUT2D eigenvalue weighted by Gasteiger charge is -2.34. The van der Waals surface area contributed by atoms with E-state index in [4.69, 9.17) is 14.2 Å². The Morgan fingerprint density at radius 2 is 0.949 bits per heavy atom. The molecule has 2 atom stereocenters. The van der Waals surface area contributed by atoms with Gasteiger partial charge in [0, 0.05) is 19.3 Å². The zero-order chi connectivity index (χ0) is 43.5. The van der Waals surface area contributed by atoms with Gasteiger partial charge < -0.3 is 28.6 Å². The van der Waals surface area contributed by atoms with Crippen LogP contribution in [-0.2, 0) is 28.6 Å². The number of allylic oxidation sites excluding steroid dienone is 14. The minimum absolute atomic E-state index is 0.0191. The summed E-state index contributed by atoms with van der Waals surface area (Å²) in [6.45, 7) is 4.47. The van der Waals surface area contributed by atoms with Crippen LogP contribution in [0.25, 0.3) is 0 Å². The molecule has 0 aromatic carbocycles. The maximum Gasteiger partial charge on any atom is 0.306 e. The Balaban J connectivity index is 4.39. The van der Waals surface area contributed by atoms with Gasteiger partial charge in [0.1, 0.15) is 12.6 Å². The molecule has 2 unspecified atom stereocenters. The highest BCUT2D eigenvalue weighted by Gasteiger charge is 2.25. The molecule has 0 aromatic heterocycles. The molecule has 0 N–H and O–H groups in total. The van der Waals surface area contributed by atoms with Crippen molar-refractivity contribution in [3.63, 3.8) is 0 Å². The van der Waals surface area contributed by atoms with E-state index in [1.807, 2.05) is 0 Å². The van der Waals surface area contributed by atoms with Gasteiger partial charge in [-0.05, 0) is 89.9 Å². The largest absolute Gasteiger partial charge is 0.544 e. The number of carbonyl (C=O) groups is 3. The summed E-state index contributed by atoms with van der Waals surface area (Å²) < 4.78 is 17.1. The molecule has 0 amide bonds. The van der Waals surface area contributed by atoms with Gasteiger partial charge in [-0.1, -0.05) is 144 Å². The molecule has 0 heterocycles. The summed E-state index contributed by atoms with van der Waals surface area (Å²) in [6.07, 6.45) is 53.2. The lowest BCUT2D eigenvalue weighted by molar-refractivity contribution is -0.889. The molecule has 0 aliphatic heterocycles. The number of carboxylic acid groups (broad SMARTS) is 1. The molecular formula is C51H85NO7. The normalized spacial score (nSPS) is 13.7. The van der Waals surface area contributed by atoms with Gasteiger partial charge in [-0.25, -0.2) is 0 Å². The number of carboxylic acids is 1. The van der Waals surface area contributed by atoms with Gasteiger partial charge in [0.25, 0.3) is 0 Å². The maximum absolute atomic E-state index is 12.7. The van der Waals surface area contributed by atoms with Crippen molar-refractivity contribution in [1.82, 2.24) is 0 Å². The number of hydrogen-bond acceptors (Lipinski definition) is 7. The van der Waals surface area contributed by atoms with Crippen molar-refractivity contribution in [3.8, 4) is 0 Å². The van der Waals surface area contributed by atoms with Gasteiger partial charge in [0.05, 0.1) is 40.3 Å². The van der Waals surface area contributed by atoms with E-state index in [0.717, 1.165) is 96.3 Å². The number of rotatable bonds is 40. The molecule has 8 heteroatoms. The number of aliphatic carboxylic acids is 1. The van der Waals surface area contributed by atoms with Gasteiger partial charge in [0.2, 0.25) is 0 Å². The second-order valence-electron chi connectivity index (χ2n) is 16.3. The van der Waals surface area contributed by atoms with Gasteiger partial charge >= 0.3 is 11.9 Å². The van der Waals surface area contributed by atoms with Crippen LogP contribution in [0.4, 0.5) is 0 Å². The molecule has 0 saturated heterocycles. The summed E-state index contributed by atoms with van der Waals surface area (Å²) >= 11 is 0. The molecule has 8 nitrogen and oxygen atoms in total. The van der Waals surface area contributed by atoms with Gasteiger partial charge in [-0.2, -0.15) is 0 Å². The van der Waals surface area contributed by atoms with E-state index in [1.54, 1.807) is 21.1 Å². The summed E-state index contributed by atoms with van der Waals surface area (Å²) in [6, 6.07) is -0.737. The van der Waals surface area contributed by atoms with Crippen molar-refractivity contribution in [2.45, 2.75) is 180 Å². The number of hydrogen-bond donors (Lipinski definition) is 0. The van der Waals surface area contributed by atoms with Crippen LogP contribution >= 0.6 is 0 Å². The van der Waals surface area contributed by atoms with Crippen LogP contribution in [0, 0.1) is 0 Å². The lowest BCUT2D eigenvalue weighted by Crippen LogP contribution is -2.55. The molecule has 59 heavy (non-hydrogen) atoms. The zero-order valence-corrected chi connectivity index (χ0v) is 38.1. The molecule has 0 bridgehead atoms. The minimum Gasteiger partial charge on any atom is -0.544 e. The van der Waals surface area contributed by atoms with Gasteiger partial charge in [-0.15, -0.1) is 0 Å². The first kappa shape index (κ1) is 55.5. The Morgan fingerprint density at radius 3 is 1.42 bits per heavy atom. The molecular weight excluding hydrogens is 739 g/mol. The third-order valence-corrected chi connectivity index (χ3v) is 9.77. The van der Waals surface area contributed by atoms with E-state index in [2.05, 4.69) is 98.9 Å². The number of esters is 2. The molecule has 0 radical (unpaired) electrons. The van der Waals surface area contributed by atoms with E-state index in [9.17, 15) is 19.5 Å². The molecule has 0 rings (SSSR count). The van der Waals surface area contributed by atoms with E-state index in [0.29, 0.717) is 6.42 Å². The average Bonchev–Trinajstić information content (AvgIpc) is 3.19. The maximum atomic E-state index is 12.7. The van der Waals surface area contributed by atoms with E-state index >= 15 is 0 Å². The highest BCUT2D eigenvalue weighted by atomic mass is 16.6. The van der Waals surface area contributed by atoms with Crippen LogP contribution in [0.2, 0.25) is 0 Å². The zero-order valence-electron chi connectivity index (χ0n) is 38.1. The Bertz CT molecular complexity index is 1240. The predicted octanol–water partition coefficient (Wildman–Crippen LogP) is 11.6. The first-order valence-corrected chi connectivity index (χ1v) is 23.1. The number of quaternary nitrogens is 1. The van der Waals surface area contributed by atoms with Crippen LogP contribution < -0.4 is 5.11 Å². The minimum atomic E-state index is -1.14. The number of nitrogens with zero attached hydrogens (tertiary/aromatic N) is 1. The van der Waals surface area contributed by atoms with Crippen molar-refractivity contribution in [1.29, 1.82) is 0 Å². The van der Waals surface area contributed by atoms with E-state index in [1.165, 1.54) is 38.5 Å². The molecule has 0 spiro atoms. The van der Waals surface area contributed by atoms with Crippen molar-refractivity contribution in [3.05, 3.63) is 85.1 Å². The monoisotopic (exact) mass is 824 g/mol. The van der Waals surface area contributed by atoms with Crippen molar-refractivity contribution < 1.29 is 38.2 Å². The second-order valence-corrected chi connectivity index (χ2v) is 16.3. The van der Waals surface area contributed by atoms with Crippen LogP contribution in [0.15, 0.2) is 85.1 Å². The van der Waals surface area contributed by atoms with Crippen LogP contribution in [-0.4, -0.2) is 75.5 Å². The smallest absolute Gasteiger partial charge is 0.306 e. The topological polar surface area (TPSA) is 102 Å². The Hall–Kier alpha value is -3.49. The summed E-state index contributed by atoms with van der Waals surface area (Å²) in [7, 11) is 5.38. The fraction of sp³-hybridized carbons (Fsp3) is 0.667. The second kappa shape index (κ2) is 41.3. The summed E-state index contributed by atoms with van der Waals surface area (Å²) in [4.78, 5) is 36.9. The number of likely N-dealkylation sites (N-methyl/N-ethyl adjacent to an activating group) is 1. The van der Waals surface area contributed by atoms with Crippen molar-refractivity contribution in [2.75, 3.05) is 41.0 Å². The third kappa shape index (κ3) is 39.7. The molecule has 0 aliphatic carbocycles. The SMILES string of the molecule is CC/C=C/C/C=C/C/C=C/C/C=C/C/C=C/C/C=C/CCCCCC(=O)OCC(COCCC(C(=O)[O-])[N+](C)(C)C)OC(=O)CCCCC/C=C/CCCCCCCC. The summed E-state index contributed by atoms with van der Waals surface area (Å²) in [5.74, 6) is -1.81. The number of unbranched alkanes of at least 4 members (excludes halogenated alkanes) is 12. The highest BCUT2D eigenvalue weighted by molar-refractivity contribution is 5.70. The lowest BCUT2D eigenvalue weighted by atomic mass is 10.1. The number of carbonyl (C=O) groups excluding carboxylic acids is 3. The van der Waals surface area contributed by atoms with Crippen LogP contribution in [0.5, 0.6) is 0 Å². The quantitative estimate of drug-likeness (QED) is 0.0262. The van der Waals surface area contributed by atoms with Gasteiger partial charge in [-0.3, -0.25) is 9.59 Å². The average molecular weight is 824 g/mol. The van der Waals surface area contributed by atoms with Crippen LogP contribution in [0.1, 0.15) is 168 Å². The number of ether oxygens (including phenoxy) is 3. The summed E-state index contributed by atoms with van der Waals surface area (Å²) in [5.41, 5.74) is 0. The standard InChI is InChI=1S/C51H85NO7/c1-6-8-10-12-14-16-18-20-21-22-23-24-25-26-27-28-30-31-33-35-37-39-41-49(53)58-46-47(45-57-44-43-48(51(55)56)52(3,4)5)59-50(54)42-40-38-36-34-32-29-19-17-15-13-11-9-7-2/h8,10,14,16,20-21,23-24,26-27,29-32,47-48H,6-7,9,11-13,15,17-19,22,25,28,33-46H2,1-5H3/b10-8+,16-14+,21-20+,24-23+,27-26+,31-30+,32-29+. The highest BCUT2D eigenvalue weighted by Crippen LogP contribution is 2.12. The van der Waals surface area contributed by atoms with E-state index < -0.39 is 18.1 Å². The molecule has 0 saturated carbocycles. The fourth-order valence-corrected chi connectivity index (χ4v) is 6.18. The third-order valence-electron chi connectivity index (χ3n) is 9.77. The first-order valence-electron chi connectivity index (χ1n) is 23.1. The van der Waals surface area contributed by atoms with Crippen molar-refractivity contribution in [2.24, 2.45) is 0 Å². The Labute approximate surface area is 361 Å². The fourth-order valence-electron chi connectivity index (χ4n) is 6.18. The summed E-state index contributed by atoms with van der Waals surface area (Å²) in [5, 5.41) is 11.6. The molecule has 0 fully saturated rings. The first-order chi connectivity index (χ1) is 28.6. The Kier molecular flexibility index (Phi) is 38.8. The van der Waals surface area contributed by atoms with Crippen molar-refractivity contribution >= 4 is 17.9 Å². The van der Waals surface area contributed by atoms with Crippen LogP contribution in [0.3, 0.4) is 0 Å². The predicted molar refractivity (Wildman–Crippen MR) is 245 cm³/mol. The van der Waals surface area contributed by atoms with Gasteiger partial charge in [0.15, 0.2) is 6.10 Å². The molecule has 0 aliphatic rings. The van der Waals surface area contributed by atoms with E-state index in [-0.39, 0.29) is 49.1 Å². The molecule has 0 aromatic rings. The molecule has 336 valence electrons. The Morgan fingerprint density at radius 1 is 0.525 bits per heavy atom.